The summed E-state index contributed by atoms with van der Waals surface area (Å²) in [5.74, 6) is -0.639. The molecule has 0 aliphatic carbocycles. The van der Waals surface area contributed by atoms with E-state index in [-0.39, 0.29) is 24.3 Å². The first-order valence-corrected chi connectivity index (χ1v) is 13.9. The average molecular weight is 539 g/mol. The van der Waals surface area contributed by atoms with Gasteiger partial charge in [-0.05, 0) is 68.5 Å². The predicted octanol–water partition coefficient (Wildman–Crippen LogP) is 4.31. The number of hydrogen-bond acceptors (Lipinski definition) is 7. The number of likely N-dealkylation sites (N-methyl/N-ethyl adjacent to an activating group) is 1. The number of hydrogen-bond donors (Lipinski definition) is 2. The summed E-state index contributed by atoms with van der Waals surface area (Å²) in [5.41, 5.74) is 3.90. The molecular weight excluding hydrogens is 496 g/mol. The van der Waals surface area contributed by atoms with Gasteiger partial charge in [0.05, 0.1) is 24.2 Å². The second-order valence-corrected chi connectivity index (χ2v) is 11.3. The first-order chi connectivity index (χ1) is 18.6. The molecule has 1 aromatic heterocycles. The number of piperazine rings is 1. The third-order valence-corrected chi connectivity index (χ3v) is 7.82. The molecule has 2 aliphatic heterocycles. The predicted molar refractivity (Wildman–Crippen MR) is 151 cm³/mol. The Kier molecular flexibility index (Phi) is 9.45. The van der Waals surface area contributed by atoms with Crippen molar-refractivity contribution in [1.82, 2.24) is 20.0 Å². The number of aryl methyl sites for hydroxylation is 1. The highest BCUT2D eigenvalue weighted by molar-refractivity contribution is 5.88. The number of esters is 1. The van der Waals surface area contributed by atoms with Crippen molar-refractivity contribution in [3.05, 3.63) is 47.2 Å². The molecule has 2 aromatic rings. The number of fused-ring (bicyclic) bond motifs is 1. The molecule has 1 fully saturated rings. The fourth-order valence-corrected chi connectivity index (χ4v) is 5.30. The highest BCUT2D eigenvalue weighted by Gasteiger charge is 2.29. The fourth-order valence-electron chi connectivity index (χ4n) is 5.30. The number of carbonyl (C=O) groups excluding carboxylic acids is 2. The molecule has 2 N–H and O–H groups in total. The quantitative estimate of drug-likeness (QED) is 0.443. The van der Waals surface area contributed by atoms with Gasteiger partial charge in [0.15, 0.2) is 0 Å². The molecule has 4 rings (SSSR count). The van der Waals surface area contributed by atoms with Gasteiger partial charge < -0.3 is 24.4 Å². The van der Waals surface area contributed by atoms with E-state index >= 15 is 0 Å². The highest BCUT2D eigenvalue weighted by Crippen LogP contribution is 2.28. The molecule has 3 heterocycles. The second-order valence-electron chi connectivity index (χ2n) is 11.3. The smallest absolute Gasteiger partial charge is 0.410 e. The maximum Gasteiger partial charge on any atom is 0.410 e. The zero-order valence-electron chi connectivity index (χ0n) is 23.7. The van der Waals surface area contributed by atoms with Crippen LogP contribution in [0.25, 0.3) is 17.0 Å². The molecule has 1 aromatic carbocycles. The summed E-state index contributed by atoms with van der Waals surface area (Å²) in [6, 6.07) is 4.13. The van der Waals surface area contributed by atoms with Crippen molar-refractivity contribution in [3.8, 4) is 0 Å². The Bertz CT molecular complexity index is 1210. The second kappa shape index (κ2) is 12.8. The lowest BCUT2D eigenvalue weighted by atomic mass is 9.91. The van der Waals surface area contributed by atoms with Crippen molar-refractivity contribution in [2.24, 2.45) is 11.8 Å². The average Bonchev–Trinajstić information content (AvgIpc) is 3.36. The summed E-state index contributed by atoms with van der Waals surface area (Å²) in [6.45, 7) is 10.9. The Morgan fingerprint density at radius 1 is 1.18 bits per heavy atom. The van der Waals surface area contributed by atoms with E-state index in [4.69, 9.17) is 9.47 Å². The highest BCUT2D eigenvalue weighted by atomic mass is 16.6. The summed E-state index contributed by atoms with van der Waals surface area (Å²) >= 11 is 0. The van der Waals surface area contributed by atoms with Gasteiger partial charge in [0, 0.05) is 37.5 Å². The molecule has 1 amide bonds. The van der Waals surface area contributed by atoms with Gasteiger partial charge in [0.1, 0.15) is 12.2 Å². The number of aliphatic hydroxyl groups excluding tert-OH is 1. The summed E-state index contributed by atoms with van der Waals surface area (Å²) < 4.78 is 11.9. The third-order valence-electron chi connectivity index (χ3n) is 7.82. The zero-order valence-corrected chi connectivity index (χ0v) is 23.7. The number of nitrogens with zero attached hydrogens (tertiary/aromatic N) is 3. The van der Waals surface area contributed by atoms with Gasteiger partial charge in [-0.3, -0.25) is 9.89 Å². The minimum Gasteiger partial charge on any atom is -0.457 e. The lowest BCUT2D eigenvalue weighted by molar-refractivity contribution is -0.151. The number of aliphatic hydroxyl groups is 1. The number of cyclic esters (lactones) is 1. The Labute approximate surface area is 230 Å². The van der Waals surface area contributed by atoms with E-state index in [0.717, 1.165) is 40.7 Å². The van der Waals surface area contributed by atoms with Crippen molar-refractivity contribution in [3.63, 3.8) is 0 Å². The molecule has 5 atom stereocenters. The molecule has 1 saturated heterocycles. The van der Waals surface area contributed by atoms with Crippen LogP contribution in [0.2, 0.25) is 0 Å². The first kappa shape index (κ1) is 28.8. The lowest BCUT2D eigenvalue weighted by Crippen LogP contribution is -2.48. The number of H-pyrrole nitrogens is 1. The topological polar surface area (TPSA) is 108 Å². The van der Waals surface area contributed by atoms with E-state index in [2.05, 4.69) is 21.2 Å². The molecule has 9 nitrogen and oxygen atoms in total. The monoisotopic (exact) mass is 538 g/mol. The standard InChI is InChI=1S/C30H42N4O5/c1-19-14-23(25-18-31-32-26(25)15-19)16-22(4)29-21(3)7-9-27(20(2)6-8-24(35)17-28(36)39-29)38-30(37)34-12-10-33(5)11-13-34/h7,9,14-16,18,20-21,24,27,29,35H,6,8,10-13,17H2,1-5H3,(H,31,32)/b9-7-,22-16+/t20-,21-,24+,27-,29-/m0/s1. The van der Waals surface area contributed by atoms with Crippen LogP contribution in [0.5, 0.6) is 0 Å². The van der Waals surface area contributed by atoms with Crippen molar-refractivity contribution >= 4 is 29.0 Å². The summed E-state index contributed by atoms with van der Waals surface area (Å²) in [7, 11) is 2.05. The molecule has 0 bridgehead atoms. The number of aromatic nitrogens is 2. The van der Waals surface area contributed by atoms with Crippen molar-refractivity contribution < 1.29 is 24.2 Å². The first-order valence-electron chi connectivity index (χ1n) is 13.9. The van der Waals surface area contributed by atoms with Crippen LogP contribution >= 0.6 is 0 Å². The molecule has 0 spiro atoms. The molecule has 0 unspecified atom stereocenters. The van der Waals surface area contributed by atoms with E-state index in [1.807, 2.05) is 59.0 Å². The number of ether oxygens (including phenoxy) is 2. The molecule has 9 heteroatoms. The van der Waals surface area contributed by atoms with E-state index in [1.54, 1.807) is 11.1 Å². The van der Waals surface area contributed by atoms with E-state index < -0.39 is 24.3 Å². The maximum atomic E-state index is 13.0. The van der Waals surface area contributed by atoms with E-state index in [1.165, 1.54) is 0 Å². The SMILES string of the molecule is C/C(=C\c1cc(C)cc2[nH]ncc12)[C@H]1OC(=O)C[C@H](O)CC[C@H](C)[C@@H](OC(=O)N2CCN(C)CC2)/C=C\[C@@H]1C. The van der Waals surface area contributed by atoms with E-state index in [0.29, 0.717) is 25.9 Å². The largest absolute Gasteiger partial charge is 0.457 e. The van der Waals surface area contributed by atoms with Gasteiger partial charge in [-0.2, -0.15) is 5.10 Å². The number of amides is 1. The van der Waals surface area contributed by atoms with Crippen LogP contribution < -0.4 is 0 Å². The maximum absolute atomic E-state index is 13.0. The third kappa shape index (κ3) is 7.48. The van der Waals surface area contributed by atoms with Crippen LogP contribution in [0.4, 0.5) is 4.79 Å². The van der Waals surface area contributed by atoms with Crippen molar-refractivity contribution in [2.75, 3.05) is 33.2 Å². The molecule has 0 radical (unpaired) electrons. The Hall–Kier alpha value is -3.17. The lowest BCUT2D eigenvalue weighted by Gasteiger charge is -2.33. The van der Waals surface area contributed by atoms with Gasteiger partial charge in [0.25, 0.3) is 0 Å². The van der Waals surface area contributed by atoms with Crippen LogP contribution in [0.3, 0.4) is 0 Å². The van der Waals surface area contributed by atoms with Crippen LogP contribution in [0.15, 0.2) is 36.1 Å². The summed E-state index contributed by atoms with van der Waals surface area (Å²) in [4.78, 5) is 29.7. The van der Waals surface area contributed by atoms with Gasteiger partial charge in [-0.1, -0.05) is 32.1 Å². The Balaban J connectivity index is 1.59. The van der Waals surface area contributed by atoms with Gasteiger partial charge in [0.2, 0.25) is 0 Å². The minimum absolute atomic E-state index is 0.0216. The molecular formula is C30H42N4O5. The summed E-state index contributed by atoms with van der Waals surface area (Å²) in [6.07, 6.45) is 6.56. The number of benzene rings is 1. The zero-order chi connectivity index (χ0) is 28.1. The Morgan fingerprint density at radius 3 is 2.67 bits per heavy atom. The number of aromatic amines is 1. The molecule has 0 saturated carbocycles. The van der Waals surface area contributed by atoms with Crippen LogP contribution in [-0.4, -0.2) is 88.7 Å². The van der Waals surface area contributed by atoms with Crippen LogP contribution in [0, 0.1) is 18.8 Å². The van der Waals surface area contributed by atoms with Gasteiger partial charge in [-0.25, -0.2) is 4.79 Å². The van der Waals surface area contributed by atoms with Crippen molar-refractivity contribution in [2.45, 2.75) is 65.3 Å². The van der Waals surface area contributed by atoms with E-state index in [9.17, 15) is 14.7 Å². The number of nitrogens with one attached hydrogen (secondary N) is 1. The van der Waals surface area contributed by atoms with Gasteiger partial charge in [-0.15, -0.1) is 0 Å². The van der Waals surface area contributed by atoms with Crippen LogP contribution in [0.1, 0.15) is 51.2 Å². The minimum atomic E-state index is -0.820. The normalized spacial score (nSPS) is 28.9. The summed E-state index contributed by atoms with van der Waals surface area (Å²) in [5, 5.41) is 18.8. The van der Waals surface area contributed by atoms with Crippen molar-refractivity contribution in [1.29, 1.82) is 0 Å². The fraction of sp³-hybridized carbons (Fsp3) is 0.567. The molecule has 212 valence electrons. The van der Waals surface area contributed by atoms with Gasteiger partial charge >= 0.3 is 12.1 Å². The molecule has 2 aliphatic rings. The Morgan fingerprint density at radius 2 is 1.92 bits per heavy atom. The van der Waals surface area contributed by atoms with Crippen LogP contribution in [-0.2, 0) is 14.3 Å². The number of rotatable bonds is 3. The molecule has 39 heavy (non-hydrogen) atoms. The number of carbonyl (C=O) groups is 2.